The van der Waals surface area contributed by atoms with E-state index in [4.69, 9.17) is 23.7 Å². The second-order valence-corrected chi connectivity index (χ2v) is 8.93. The third kappa shape index (κ3) is 4.06. The smallest absolute Gasteiger partial charge is 0.315 e. The van der Waals surface area contributed by atoms with Gasteiger partial charge in [0.1, 0.15) is 18.1 Å². The predicted octanol–water partition coefficient (Wildman–Crippen LogP) is 3.99. The Kier molecular flexibility index (Phi) is 5.74. The minimum absolute atomic E-state index is 0.175. The lowest BCUT2D eigenvalue weighted by atomic mass is 9.99. The van der Waals surface area contributed by atoms with Crippen molar-refractivity contribution in [3.05, 3.63) is 41.5 Å². The summed E-state index contributed by atoms with van der Waals surface area (Å²) in [6.07, 6.45) is 3.29. The van der Waals surface area contributed by atoms with Gasteiger partial charge in [-0.1, -0.05) is 18.2 Å². The van der Waals surface area contributed by atoms with Crippen LogP contribution in [0.2, 0.25) is 0 Å². The highest BCUT2D eigenvalue weighted by molar-refractivity contribution is 6.01. The van der Waals surface area contributed by atoms with Gasteiger partial charge in [-0.2, -0.15) is 0 Å². The van der Waals surface area contributed by atoms with Gasteiger partial charge in [0.25, 0.3) is 0 Å². The number of fused-ring (bicyclic) bond motifs is 1. The average molecular weight is 453 g/mol. The van der Waals surface area contributed by atoms with E-state index in [2.05, 4.69) is 0 Å². The van der Waals surface area contributed by atoms with Gasteiger partial charge in [-0.3, -0.25) is 9.59 Å². The van der Waals surface area contributed by atoms with E-state index in [9.17, 15) is 9.59 Å². The lowest BCUT2D eigenvalue weighted by Crippen LogP contribution is -2.30. The molecule has 7 heteroatoms. The van der Waals surface area contributed by atoms with Crippen LogP contribution in [0.25, 0.3) is 11.1 Å². The summed E-state index contributed by atoms with van der Waals surface area (Å²) in [5.74, 6) is 1.49. The zero-order valence-corrected chi connectivity index (χ0v) is 19.0. The van der Waals surface area contributed by atoms with E-state index in [1.807, 2.05) is 30.3 Å². The molecular formula is C26H28O7. The van der Waals surface area contributed by atoms with Crippen molar-refractivity contribution in [2.24, 2.45) is 5.41 Å². The summed E-state index contributed by atoms with van der Waals surface area (Å²) in [6, 6.07) is 9.60. The Morgan fingerprint density at radius 2 is 1.88 bits per heavy atom. The number of carbonyl (C=O) groups is 2. The van der Waals surface area contributed by atoms with Gasteiger partial charge in [-0.25, -0.2) is 0 Å². The molecule has 174 valence electrons. The maximum atomic E-state index is 12.9. The number of carbonyl (C=O) groups excluding carboxylic acids is 2. The fourth-order valence-electron chi connectivity index (χ4n) is 4.54. The Morgan fingerprint density at radius 1 is 1.06 bits per heavy atom. The van der Waals surface area contributed by atoms with Gasteiger partial charge < -0.3 is 23.7 Å². The van der Waals surface area contributed by atoms with Crippen LogP contribution in [0.15, 0.2) is 30.3 Å². The number of benzene rings is 2. The number of aryl methyl sites for hydroxylation is 1. The van der Waals surface area contributed by atoms with Crippen molar-refractivity contribution >= 4 is 11.8 Å². The SMILES string of the molecule is COc1ccc(-c2ccc3c(c2)CCC3=O)c(OCC2(C(=O)O[C@@H]3CCOC3)CC2)c1OC. The number of ketones is 1. The van der Waals surface area contributed by atoms with Crippen molar-refractivity contribution in [3.63, 3.8) is 0 Å². The van der Waals surface area contributed by atoms with E-state index in [0.717, 1.165) is 47.9 Å². The average Bonchev–Trinajstić information content (AvgIpc) is 3.29. The maximum Gasteiger partial charge on any atom is 0.315 e. The third-order valence-corrected chi connectivity index (χ3v) is 6.78. The molecule has 0 N–H and O–H groups in total. The summed E-state index contributed by atoms with van der Waals surface area (Å²) < 4.78 is 28.4. The number of esters is 1. The summed E-state index contributed by atoms with van der Waals surface area (Å²) in [4.78, 5) is 24.9. The Morgan fingerprint density at radius 3 is 2.58 bits per heavy atom. The molecule has 1 aliphatic heterocycles. The monoisotopic (exact) mass is 452 g/mol. The summed E-state index contributed by atoms with van der Waals surface area (Å²) in [7, 11) is 3.14. The first-order valence-electron chi connectivity index (χ1n) is 11.4. The number of Topliss-reactive ketones (excluding diaryl/α,β-unsaturated/α-hetero) is 1. The number of methoxy groups -OCH3 is 2. The molecule has 3 aliphatic rings. The Hall–Kier alpha value is -3.06. The first-order chi connectivity index (χ1) is 16.0. The van der Waals surface area contributed by atoms with Gasteiger partial charge in [0.15, 0.2) is 17.3 Å². The Bertz CT molecular complexity index is 1080. The van der Waals surface area contributed by atoms with Crippen molar-refractivity contribution in [2.75, 3.05) is 34.0 Å². The molecule has 1 saturated heterocycles. The Balaban J connectivity index is 1.43. The van der Waals surface area contributed by atoms with Crippen LogP contribution in [-0.4, -0.2) is 51.9 Å². The van der Waals surface area contributed by atoms with Crippen molar-refractivity contribution in [1.82, 2.24) is 0 Å². The maximum absolute atomic E-state index is 12.9. The van der Waals surface area contributed by atoms with Crippen LogP contribution in [0.3, 0.4) is 0 Å². The van der Waals surface area contributed by atoms with E-state index in [1.54, 1.807) is 14.2 Å². The highest BCUT2D eigenvalue weighted by atomic mass is 16.6. The van der Waals surface area contributed by atoms with Crippen LogP contribution in [0.4, 0.5) is 0 Å². The molecule has 33 heavy (non-hydrogen) atoms. The number of rotatable bonds is 8. The van der Waals surface area contributed by atoms with Crippen LogP contribution < -0.4 is 14.2 Å². The van der Waals surface area contributed by atoms with E-state index in [-0.39, 0.29) is 24.5 Å². The first-order valence-corrected chi connectivity index (χ1v) is 11.4. The first kappa shape index (κ1) is 21.8. The fraction of sp³-hybridized carbons (Fsp3) is 0.462. The van der Waals surface area contributed by atoms with Gasteiger partial charge >= 0.3 is 5.97 Å². The van der Waals surface area contributed by atoms with E-state index in [0.29, 0.717) is 36.9 Å². The van der Waals surface area contributed by atoms with Crippen LogP contribution in [-0.2, 0) is 20.7 Å². The third-order valence-electron chi connectivity index (χ3n) is 6.78. The quantitative estimate of drug-likeness (QED) is 0.560. The van der Waals surface area contributed by atoms with E-state index >= 15 is 0 Å². The Labute approximate surface area is 192 Å². The van der Waals surface area contributed by atoms with Gasteiger partial charge in [0.05, 0.1) is 27.4 Å². The molecule has 2 aromatic rings. The topological polar surface area (TPSA) is 80.3 Å². The summed E-state index contributed by atoms with van der Waals surface area (Å²) >= 11 is 0. The van der Waals surface area contributed by atoms with Crippen molar-refractivity contribution in [2.45, 2.75) is 38.2 Å². The zero-order chi connectivity index (χ0) is 23.0. The molecule has 1 heterocycles. The molecule has 2 fully saturated rings. The molecule has 7 nitrogen and oxygen atoms in total. The van der Waals surface area contributed by atoms with E-state index in [1.165, 1.54) is 0 Å². The van der Waals surface area contributed by atoms with Gasteiger partial charge in [0, 0.05) is 24.0 Å². The van der Waals surface area contributed by atoms with Crippen LogP contribution in [0, 0.1) is 5.41 Å². The minimum atomic E-state index is -0.641. The molecule has 0 aromatic heterocycles. The number of ether oxygens (including phenoxy) is 5. The lowest BCUT2D eigenvalue weighted by Gasteiger charge is -2.22. The van der Waals surface area contributed by atoms with Crippen LogP contribution in [0.5, 0.6) is 17.2 Å². The summed E-state index contributed by atoms with van der Waals surface area (Å²) in [6.45, 7) is 1.27. The number of hydrogen-bond donors (Lipinski definition) is 0. The second kappa shape index (κ2) is 8.71. The second-order valence-electron chi connectivity index (χ2n) is 8.93. The standard InChI is InChI=1S/C26H28O7/c1-29-22-8-6-20(17-3-5-19-16(13-17)4-7-21(19)27)23(24(22)30-2)32-15-26(10-11-26)25(28)33-18-9-12-31-14-18/h3,5-6,8,13,18H,4,7,9-12,14-15H2,1-2H3/t18-/m1/s1. The molecule has 5 rings (SSSR count). The lowest BCUT2D eigenvalue weighted by molar-refractivity contribution is -0.157. The van der Waals surface area contributed by atoms with Crippen molar-refractivity contribution < 1.29 is 33.3 Å². The van der Waals surface area contributed by atoms with Crippen LogP contribution >= 0.6 is 0 Å². The van der Waals surface area contributed by atoms with Gasteiger partial charge in [-0.15, -0.1) is 0 Å². The van der Waals surface area contributed by atoms with Crippen LogP contribution in [0.1, 0.15) is 41.6 Å². The molecule has 0 unspecified atom stereocenters. The summed E-state index contributed by atoms with van der Waals surface area (Å²) in [5, 5.41) is 0. The van der Waals surface area contributed by atoms with Crippen molar-refractivity contribution in [1.29, 1.82) is 0 Å². The fourth-order valence-corrected chi connectivity index (χ4v) is 4.54. The van der Waals surface area contributed by atoms with E-state index < -0.39 is 5.41 Å². The highest BCUT2D eigenvalue weighted by Crippen LogP contribution is 2.50. The predicted molar refractivity (Wildman–Crippen MR) is 120 cm³/mol. The molecule has 1 atom stereocenters. The molecule has 0 radical (unpaired) electrons. The molecule has 0 bridgehead atoms. The molecule has 2 aromatic carbocycles. The normalized spacial score (nSPS) is 20.3. The molecule has 0 spiro atoms. The molecule has 1 saturated carbocycles. The van der Waals surface area contributed by atoms with Gasteiger partial charge in [0.2, 0.25) is 5.75 Å². The molecule has 0 amide bonds. The molecular weight excluding hydrogens is 424 g/mol. The summed E-state index contributed by atoms with van der Waals surface area (Å²) in [5.41, 5.74) is 2.94. The zero-order valence-electron chi connectivity index (χ0n) is 19.0. The number of hydrogen-bond acceptors (Lipinski definition) is 7. The van der Waals surface area contributed by atoms with Crippen molar-refractivity contribution in [3.8, 4) is 28.4 Å². The van der Waals surface area contributed by atoms with Gasteiger partial charge in [-0.05, 0) is 42.5 Å². The highest BCUT2D eigenvalue weighted by Gasteiger charge is 2.53. The molecule has 2 aliphatic carbocycles. The largest absolute Gasteiger partial charge is 0.493 e. The minimum Gasteiger partial charge on any atom is -0.493 e.